The first-order chi connectivity index (χ1) is 5.05. The van der Waals surface area contributed by atoms with E-state index in [2.05, 4.69) is 20.8 Å². The van der Waals surface area contributed by atoms with Crippen molar-refractivity contribution in [3.05, 3.63) is 0 Å². The van der Waals surface area contributed by atoms with E-state index >= 15 is 0 Å². The molecule has 0 saturated heterocycles. The molecule has 0 heterocycles. The number of hydrogen-bond donors (Lipinski definition) is 1. The molecule has 1 nitrogen and oxygen atoms in total. The van der Waals surface area contributed by atoms with Gasteiger partial charge in [0.1, 0.15) is 0 Å². The quantitative estimate of drug-likeness (QED) is 0.566. The number of fused-ring (bicyclic) bond motifs is 2. The summed E-state index contributed by atoms with van der Waals surface area (Å²) in [5, 5.41) is 0. The first-order valence-corrected chi connectivity index (χ1v) is 4.80. The maximum Gasteiger partial charge on any atom is 0.0104 e. The van der Waals surface area contributed by atoms with Crippen LogP contribution in [0.5, 0.6) is 0 Å². The molecule has 2 aliphatic rings. The largest absolute Gasteiger partial charge is 0.327 e. The van der Waals surface area contributed by atoms with Crippen LogP contribution in [0.3, 0.4) is 0 Å². The second-order valence-electron chi connectivity index (χ2n) is 5.04. The first-order valence-electron chi connectivity index (χ1n) is 4.80. The van der Waals surface area contributed by atoms with E-state index in [1.54, 1.807) is 0 Å². The topological polar surface area (TPSA) is 26.0 Å². The van der Waals surface area contributed by atoms with E-state index in [0.29, 0.717) is 11.5 Å². The van der Waals surface area contributed by atoms with Gasteiger partial charge < -0.3 is 5.73 Å². The zero-order valence-electron chi connectivity index (χ0n) is 7.80. The highest BCUT2D eigenvalue weighted by Crippen LogP contribution is 2.58. The van der Waals surface area contributed by atoms with Gasteiger partial charge in [-0.1, -0.05) is 20.8 Å². The summed E-state index contributed by atoms with van der Waals surface area (Å²) in [5.41, 5.74) is 6.67. The van der Waals surface area contributed by atoms with Crippen molar-refractivity contribution < 1.29 is 0 Å². The van der Waals surface area contributed by atoms with Crippen molar-refractivity contribution in [2.75, 3.05) is 0 Å². The molecule has 2 N–H and O–H groups in total. The molecule has 0 amide bonds. The van der Waals surface area contributed by atoms with Gasteiger partial charge in [-0.05, 0) is 36.0 Å². The first kappa shape index (κ1) is 7.60. The van der Waals surface area contributed by atoms with Gasteiger partial charge in [-0.2, -0.15) is 0 Å². The summed E-state index contributed by atoms with van der Waals surface area (Å²) in [7, 11) is 0. The minimum Gasteiger partial charge on any atom is -0.327 e. The average Bonchev–Trinajstić information content (AvgIpc) is 2.34. The van der Waals surface area contributed by atoms with Crippen molar-refractivity contribution in [1.29, 1.82) is 0 Å². The summed E-state index contributed by atoms with van der Waals surface area (Å²) in [6.45, 7) is 7.16. The van der Waals surface area contributed by atoms with Crippen LogP contribution in [0.2, 0.25) is 0 Å². The molecule has 4 atom stereocenters. The average molecular weight is 153 g/mol. The lowest BCUT2D eigenvalue weighted by Gasteiger charge is -2.35. The fourth-order valence-corrected chi connectivity index (χ4v) is 3.40. The van der Waals surface area contributed by atoms with Gasteiger partial charge in [0.15, 0.2) is 0 Å². The Hall–Kier alpha value is -0.0400. The molecule has 11 heavy (non-hydrogen) atoms. The lowest BCUT2D eigenvalue weighted by Crippen LogP contribution is -2.30. The van der Waals surface area contributed by atoms with Gasteiger partial charge in [0.25, 0.3) is 0 Å². The summed E-state index contributed by atoms with van der Waals surface area (Å²) in [5.74, 6) is 2.48. The molecule has 4 unspecified atom stereocenters. The molecule has 2 fully saturated rings. The smallest absolute Gasteiger partial charge is 0.0104 e. The fraction of sp³-hybridized carbons (Fsp3) is 1.00. The Morgan fingerprint density at radius 2 is 1.91 bits per heavy atom. The normalized spacial score (nSPS) is 53.5. The summed E-state index contributed by atoms with van der Waals surface area (Å²) >= 11 is 0. The molecule has 0 aromatic rings. The van der Waals surface area contributed by atoms with Crippen molar-refractivity contribution in [1.82, 2.24) is 0 Å². The van der Waals surface area contributed by atoms with Gasteiger partial charge in [-0.15, -0.1) is 0 Å². The molecule has 2 rings (SSSR count). The van der Waals surface area contributed by atoms with Crippen LogP contribution in [-0.4, -0.2) is 6.04 Å². The molecule has 0 aliphatic heterocycles. The highest BCUT2D eigenvalue weighted by molar-refractivity contribution is 5.07. The third-order valence-corrected chi connectivity index (χ3v) is 4.54. The minimum absolute atomic E-state index is 0.514. The summed E-state index contributed by atoms with van der Waals surface area (Å²) in [4.78, 5) is 0. The third-order valence-electron chi connectivity index (χ3n) is 4.54. The molecule has 1 heteroatoms. The monoisotopic (exact) mass is 153 g/mol. The van der Waals surface area contributed by atoms with Crippen LogP contribution in [0, 0.1) is 23.2 Å². The predicted molar refractivity (Wildman–Crippen MR) is 47.1 cm³/mol. The van der Waals surface area contributed by atoms with Crippen molar-refractivity contribution in [3.63, 3.8) is 0 Å². The highest BCUT2D eigenvalue weighted by atomic mass is 14.8. The molecule has 0 spiro atoms. The van der Waals surface area contributed by atoms with Gasteiger partial charge in [0.05, 0.1) is 0 Å². The van der Waals surface area contributed by atoms with Gasteiger partial charge >= 0.3 is 0 Å². The van der Waals surface area contributed by atoms with E-state index < -0.39 is 0 Å². The second-order valence-corrected chi connectivity index (χ2v) is 5.04. The molecule has 2 aliphatic carbocycles. The predicted octanol–water partition coefficient (Wildman–Crippen LogP) is 2.02. The molecule has 2 saturated carbocycles. The van der Waals surface area contributed by atoms with Crippen LogP contribution in [0.1, 0.15) is 33.6 Å². The standard InChI is InChI=1S/C10H19N/c1-6-7-4-5-8(9(7)11)10(6,2)3/h6-9H,4-5,11H2,1-3H3. The zero-order valence-corrected chi connectivity index (χ0v) is 7.80. The maximum atomic E-state index is 6.15. The Kier molecular flexibility index (Phi) is 1.39. The van der Waals surface area contributed by atoms with Crippen LogP contribution in [0.15, 0.2) is 0 Å². The van der Waals surface area contributed by atoms with Gasteiger partial charge in [-0.25, -0.2) is 0 Å². The number of hydrogen-bond acceptors (Lipinski definition) is 1. The maximum absolute atomic E-state index is 6.15. The van der Waals surface area contributed by atoms with Crippen LogP contribution in [0.25, 0.3) is 0 Å². The molecular formula is C10H19N. The Bertz CT molecular complexity index is 174. The SMILES string of the molecule is CC1C2CCC(C2N)C1(C)C. The summed E-state index contributed by atoms with van der Waals surface area (Å²) in [6.07, 6.45) is 2.76. The van der Waals surface area contributed by atoms with Gasteiger partial charge in [-0.3, -0.25) is 0 Å². The Morgan fingerprint density at radius 3 is 2.18 bits per heavy atom. The van der Waals surface area contributed by atoms with Crippen LogP contribution >= 0.6 is 0 Å². The number of nitrogens with two attached hydrogens (primary N) is 1. The van der Waals surface area contributed by atoms with E-state index in [-0.39, 0.29) is 0 Å². The van der Waals surface area contributed by atoms with Crippen molar-refractivity contribution in [2.45, 2.75) is 39.7 Å². The van der Waals surface area contributed by atoms with Crippen molar-refractivity contribution in [2.24, 2.45) is 28.9 Å². The second kappa shape index (κ2) is 2.01. The van der Waals surface area contributed by atoms with E-state index in [1.165, 1.54) is 12.8 Å². The minimum atomic E-state index is 0.514. The van der Waals surface area contributed by atoms with E-state index in [1.807, 2.05) is 0 Å². The van der Waals surface area contributed by atoms with E-state index in [4.69, 9.17) is 5.73 Å². The molecule has 64 valence electrons. The summed E-state index contributed by atoms with van der Waals surface area (Å²) < 4.78 is 0. The van der Waals surface area contributed by atoms with Crippen molar-refractivity contribution >= 4 is 0 Å². The molecule has 0 aromatic carbocycles. The van der Waals surface area contributed by atoms with Gasteiger partial charge in [0.2, 0.25) is 0 Å². The highest BCUT2D eigenvalue weighted by Gasteiger charge is 2.55. The third kappa shape index (κ3) is 0.752. The molecular weight excluding hydrogens is 134 g/mol. The van der Waals surface area contributed by atoms with E-state index in [9.17, 15) is 0 Å². The Balaban J connectivity index is 2.31. The Labute approximate surface area is 69.4 Å². The molecule has 2 bridgehead atoms. The number of rotatable bonds is 0. The summed E-state index contributed by atoms with van der Waals surface area (Å²) in [6, 6.07) is 0.514. The molecule has 0 aromatic heterocycles. The fourth-order valence-electron chi connectivity index (χ4n) is 3.40. The lowest BCUT2D eigenvalue weighted by molar-refractivity contribution is 0.137. The van der Waals surface area contributed by atoms with Gasteiger partial charge in [0, 0.05) is 6.04 Å². The van der Waals surface area contributed by atoms with Crippen molar-refractivity contribution in [3.8, 4) is 0 Å². The zero-order chi connectivity index (χ0) is 8.22. The van der Waals surface area contributed by atoms with E-state index in [0.717, 1.165) is 17.8 Å². The van der Waals surface area contributed by atoms with Crippen LogP contribution in [-0.2, 0) is 0 Å². The molecule has 0 radical (unpaired) electrons. The van der Waals surface area contributed by atoms with Crippen LogP contribution < -0.4 is 5.73 Å². The lowest BCUT2D eigenvalue weighted by atomic mass is 9.70. The Morgan fingerprint density at radius 1 is 1.27 bits per heavy atom. The van der Waals surface area contributed by atoms with Crippen LogP contribution in [0.4, 0.5) is 0 Å².